The van der Waals surface area contributed by atoms with Crippen molar-refractivity contribution in [1.82, 2.24) is 10.3 Å². The number of esters is 1. The molecule has 1 aromatic heterocycles. The van der Waals surface area contributed by atoms with Crippen molar-refractivity contribution >= 4 is 29.6 Å². The molecule has 142 valence electrons. The van der Waals surface area contributed by atoms with E-state index in [9.17, 15) is 14.4 Å². The summed E-state index contributed by atoms with van der Waals surface area (Å²) in [6.07, 6.45) is 1.82. The van der Waals surface area contributed by atoms with Crippen LogP contribution in [0.5, 0.6) is 0 Å². The molecule has 1 aromatic carbocycles. The van der Waals surface area contributed by atoms with Gasteiger partial charge in [-0.2, -0.15) is 0 Å². The first-order valence-corrected chi connectivity index (χ1v) is 8.28. The van der Waals surface area contributed by atoms with Crippen molar-refractivity contribution in [3.63, 3.8) is 0 Å². The van der Waals surface area contributed by atoms with Crippen LogP contribution in [-0.2, 0) is 14.3 Å². The summed E-state index contributed by atoms with van der Waals surface area (Å²) in [6.45, 7) is -0.548. The summed E-state index contributed by atoms with van der Waals surface area (Å²) in [6, 6.07) is 9.75. The summed E-state index contributed by atoms with van der Waals surface area (Å²) in [4.78, 5) is 38.2. The highest BCUT2D eigenvalue weighted by atomic mass is 35.5. The lowest BCUT2D eigenvalue weighted by atomic mass is 9.96. The minimum Gasteiger partial charge on any atom is -0.481 e. The summed E-state index contributed by atoms with van der Waals surface area (Å²) in [5.41, 5.74) is 0.941. The van der Waals surface area contributed by atoms with Gasteiger partial charge in [-0.15, -0.1) is 0 Å². The predicted octanol–water partition coefficient (Wildman–Crippen LogP) is 2.83. The summed E-state index contributed by atoms with van der Waals surface area (Å²) in [5, 5.41) is 12.0. The SMILES string of the molecule is O=C(O)C[C@@H](CNC(=O)OCOC(=O)c1cccnc1)c1ccc(Cl)cc1. The van der Waals surface area contributed by atoms with Crippen LogP contribution in [-0.4, -0.2) is 41.5 Å². The molecule has 0 bridgehead atoms. The number of carboxylic acids is 1. The molecule has 27 heavy (non-hydrogen) atoms. The zero-order valence-corrected chi connectivity index (χ0v) is 14.9. The second-order valence-electron chi connectivity index (χ2n) is 5.45. The number of halogens is 1. The van der Waals surface area contributed by atoms with Gasteiger partial charge < -0.3 is 19.9 Å². The number of carbonyl (C=O) groups excluding carboxylic acids is 2. The van der Waals surface area contributed by atoms with Gasteiger partial charge in [-0.25, -0.2) is 9.59 Å². The maximum Gasteiger partial charge on any atom is 0.410 e. The van der Waals surface area contributed by atoms with E-state index in [1.807, 2.05) is 0 Å². The molecular weight excluding hydrogens is 376 g/mol. The van der Waals surface area contributed by atoms with Gasteiger partial charge in [-0.05, 0) is 29.8 Å². The number of alkyl carbamates (subject to hydrolysis) is 1. The van der Waals surface area contributed by atoms with Crippen LogP contribution in [0.4, 0.5) is 4.79 Å². The second kappa shape index (κ2) is 10.1. The molecule has 2 aromatic rings. The fourth-order valence-electron chi connectivity index (χ4n) is 2.21. The van der Waals surface area contributed by atoms with E-state index in [0.29, 0.717) is 10.6 Å². The van der Waals surface area contributed by atoms with Crippen molar-refractivity contribution in [3.8, 4) is 0 Å². The van der Waals surface area contributed by atoms with Crippen LogP contribution in [0.25, 0.3) is 0 Å². The number of amides is 1. The topological polar surface area (TPSA) is 115 Å². The average Bonchev–Trinajstić information content (AvgIpc) is 2.66. The highest BCUT2D eigenvalue weighted by Crippen LogP contribution is 2.21. The van der Waals surface area contributed by atoms with Gasteiger partial charge in [-0.3, -0.25) is 9.78 Å². The Morgan fingerprint density at radius 2 is 1.89 bits per heavy atom. The van der Waals surface area contributed by atoms with Crippen LogP contribution in [0.15, 0.2) is 48.8 Å². The highest BCUT2D eigenvalue weighted by Gasteiger charge is 2.17. The van der Waals surface area contributed by atoms with E-state index in [0.717, 1.165) is 0 Å². The number of carbonyl (C=O) groups is 3. The van der Waals surface area contributed by atoms with Crippen molar-refractivity contribution in [3.05, 3.63) is 64.9 Å². The molecule has 1 amide bonds. The van der Waals surface area contributed by atoms with E-state index in [-0.39, 0.29) is 18.5 Å². The minimum atomic E-state index is -1.00. The van der Waals surface area contributed by atoms with Crippen LogP contribution in [0.1, 0.15) is 28.3 Å². The van der Waals surface area contributed by atoms with Crippen LogP contribution >= 0.6 is 11.6 Å². The number of aromatic nitrogens is 1. The van der Waals surface area contributed by atoms with E-state index < -0.39 is 30.7 Å². The standard InChI is InChI=1S/C18H17ClN2O6/c19-15-5-3-12(4-6-15)14(8-16(22)23)10-21-18(25)27-11-26-17(24)13-2-1-7-20-9-13/h1-7,9,14H,8,10-11H2,(H,21,25)(H,22,23)/t14-/m0/s1. The van der Waals surface area contributed by atoms with Crippen molar-refractivity contribution in [1.29, 1.82) is 0 Å². The first kappa shape index (κ1) is 20.2. The maximum absolute atomic E-state index is 11.7. The van der Waals surface area contributed by atoms with Crippen molar-refractivity contribution in [2.75, 3.05) is 13.3 Å². The normalized spacial score (nSPS) is 11.3. The molecule has 0 radical (unpaired) electrons. The van der Waals surface area contributed by atoms with Gasteiger partial charge in [-0.1, -0.05) is 23.7 Å². The van der Waals surface area contributed by atoms with Gasteiger partial charge in [0, 0.05) is 29.9 Å². The van der Waals surface area contributed by atoms with E-state index in [1.54, 1.807) is 30.3 Å². The smallest absolute Gasteiger partial charge is 0.410 e. The largest absolute Gasteiger partial charge is 0.481 e. The van der Waals surface area contributed by atoms with Gasteiger partial charge in [0.1, 0.15) is 0 Å². The number of hydrogen-bond acceptors (Lipinski definition) is 6. The quantitative estimate of drug-likeness (QED) is 0.524. The Labute approximate surface area is 160 Å². The zero-order valence-electron chi connectivity index (χ0n) is 14.1. The number of benzene rings is 1. The van der Waals surface area contributed by atoms with Gasteiger partial charge in [0.05, 0.1) is 12.0 Å². The van der Waals surface area contributed by atoms with E-state index in [2.05, 4.69) is 10.3 Å². The predicted molar refractivity (Wildman–Crippen MR) is 95.4 cm³/mol. The highest BCUT2D eigenvalue weighted by molar-refractivity contribution is 6.30. The van der Waals surface area contributed by atoms with E-state index >= 15 is 0 Å². The maximum atomic E-state index is 11.7. The van der Waals surface area contributed by atoms with Crippen LogP contribution < -0.4 is 5.32 Å². The number of nitrogens with one attached hydrogen (secondary N) is 1. The Balaban J connectivity index is 1.80. The van der Waals surface area contributed by atoms with Crippen LogP contribution in [0.2, 0.25) is 5.02 Å². The van der Waals surface area contributed by atoms with Crippen molar-refractivity contribution < 1.29 is 29.0 Å². The Morgan fingerprint density at radius 1 is 1.15 bits per heavy atom. The van der Waals surface area contributed by atoms with Gasteiger partial charge in [0.25, 0.3) is 0 Å². The van der Waals surface area contributed by atoms with Crippen molar-refractivity contribution in [2.45, 2.75) is 12.3 Å². The van der Waals surface area contributed by atoms with Crippen LogP contribution in [0, 0.1) is 0 Å². The molecule has 0 fully saturated rings. The molecule has 1 heterocycles. The molecule has 0 aliphatic heterocycles. The average molecular weight is 393 g/mol. The molecule has 0 saturated carbocycles. The summed E-state index contributed by atoms with van der Waals surface area (Å²) in [7, 11) is 0. The molecular formula is C18H17ClN2O6. The molecule has 1 atom stereocenters. The summed E-state index contributed by atoms with van der Waals surface area (Å²) >= 11 is 5.83. The lowest BCUT2D eigenvalue weighted by Crippen LogP contribution is -2.30. The molecule has 0 aliphatic carbocycles. The van der Waals surface area contributed by atoms with Gasteiger partial charge in [0.15, 0.2) is 0 Å². The number of carboxylic acid groups (broad SMARTS) is 1. The molecule has 9 heteroatoms. The lowest BCUT2D eigenvalue weighted by molar-refractivity contribution is -0.137. The molecule has 0 spiro atoms. The number of hydrogen-bond donors (Lipinski definition) is 2. The third-order valence-corrected chi connectivity index (χ3v) is 3.78. The third-order valence-electron chi connectivity index (χ3n) is 3.53. The molecule has 2 rings (SSSR count). The third kappa shape index (κ3) is 6.95. The fraction of sp³-hybridized carbons (Fsp3) is 0.222. The van der Waals surface area contributed by atoms with Gasteiger partial charge >= 0.3 is 18.0 Å². The first-order valence-electron chi connectivity index (χ1n) is 7.90. The van der Waals surface area contributed by atoms with Crippen LogP contribution in [0.3, 0.4) is 0 Å². The van der Waals surface area contributed by atoms with E-state index in [4.69, 9.17) is 26.2 Å². The summed E-state index contributed by atoms with van der Waals surface area (Å²) in [5.74, 6) is -2.15. The Kier molecular flexibility index (Phi) is 7.57. The van der Waals surface area contributed by atoms with Gasteiger partial charge in [0.2, 0.25) is 6.79 Å². The Morgan fingerprint density at radius 3 is 2.52 bits per heavy atom. The number of ether oxygens (including phenoxy) is 2. The fourth-order valence-corrected chi connectivity index (χ4v) is 2.34. The number of aliphatic carboxylic acids is 1. The molecule has 0 aliphatic rings. The second-order valence-corrected chi connectivity index (χ2v) is 5.89. The monoisotopic (exact) mass is 392 g/mol. The van der Waals surface area contributed by atoms with E-state index in [1.165, 1.54) is 18.5 Å². The number of rotatable bonds is 8. The van der Waals surface area contributed by atoms with Crippen molar-refractivity contribution in [2.24, 2.45) is 0 Å². The molecule has 0 saturated heterocycles. The zero-order chi connectivity index (χ0) is 19.6. The Hall–Kier alpha value is -3.13. The number of nitrogens with zero attached hydrogens (tertiary/aromatic N) is 1. The molecule has 2 N–H and O–H groups in total. The lowest BCUT2D eigenvalue weighted by Gasteiger charge is -2.16. The summed E-state index contributed by atoms with van der Waals surface area (Å²) < 4.78 is 9.56. The number of pyridine rings is 1. The molecule has 0 unspecified atom stereocenters. The Bertz CT molecular complexity index is 782. The minimum absolute atomic E-state index is 0.0311. The molecule has 8 nitrogen and oxygen atoms in total. The first-order chi connectivity index (χ1) is 13.0.